The molecule has 0 radical (unpaired) electrons. The summed E-state index contributed by atoms with van der Waals surface area (Å²) in [6, 6.07) is -0.392. The fourth-order valence-electron chi connectivity index (χ4n) is 0.645. The van der Waals surface area contributed by atoms with Crippen LogP contribution in [-0.2, 0) is 0 Å². The molecule has 5 heteroatoms. The Morgan fingerprint density at radius 3 is 2.18 bits per heavy atom. The fourth-order valence-corrected chi connectivity index (χ4v) is 0.645. The number of likely N-dealkylation sites (N-methyl/N-ethyl adjacent to an activating group) is 1. The molecule has 0 bridgehead atoms. The summed E-state index contributed by atoms with van der Waals surface area (Å²) in [7, 11) is 1.71. The molecule has 0 spiro atoms. The molecule has 0 heterocycles. The van der Waals surface area contributed by atoms with E-state index >= 15 is 0 Å². The van der Waals surface area contributed by atoms with Crippen molar-refractivity contribution in [3.63, 3.8) is 0 Å². The van der Waals surface area contributed by atoms with Crippen molar-refractivity contribution in [2.24, 2.45) is 5.73 Å². The molecule has 1 unspecified atom stereocenters. The van der Waals surface area contributed by atoms with Crippen LogP contribution in [0.1, 0.15) is 6.92 Å². The third-order valence-corrected chi connectivity index (χ3v) is 1.82. The van der Waals surface area contributed by atoms with E-state index in [-0.39, 0.29) is 23.5 Å². The summed E-state index contributed by atoms with van der Waals surface area (Å²) >= 11 is 0. The number of nitrogens with zero attached hydrogens (tertiary/aromatic N) is 1. The fraction of sp³-hybridized carbons (Fsp3) is 0.833. The monoisotopic (exact) mass is 182 g/mol. The van der Waals surface area contributed by atoms with E-state index in [0.717, 1.165) is 0 Å². The van der Waals surface area contributed by atoms with Crippen molar-refractivity contribution in [2.75, 3.05) is 26.7 Å². The van der Waals surface area contributed by atoms with Crippen LogP contribution in [0.3, 0.4) is 0 Å². The summed E-state index contributed by atoms with van der Waals surface area (Å²) in [6.07, 6.45) is 0. The Bertz CT molecular complexity index is 132. The highest BCUT2D eigenvalue weighted by Gasteiger charge is 2.25. The maximum absolute atomic E-state index is 10.7. The highest BCUT2D eigenvalue weighted by atomic mass is 35.5. The van der Waals surface area contributed by atoms with E-state index in [0.29, 0.717) is 13.1 Å². The topological polar surface area (TPSA) is 63.3 Å². The zero-order chi connectivity index (χ0) is 8.20. The van der Waals surface area contributed by atoms with E-state index in [9.17, 15) is 4.79 Å². The van der Waals surface area contributed by atoms with Gasteiger partial charge in [0.05, 0.1) is 20.2 Å². The van der Waals surface area contributed by atoms with Crippen LogP contribution in [0.15, 0.2) is 0 Å². The molecule has 4 nitrogen and oxygen atoms in total. The van der Waals surface area contributed by atoms with Gasteiger partial charge < -0.3 is 23.2 Å². The molecule has 0 aromatic rings. The molecule has 11 heavy (non-hydrogen) atoms. The van der Waals surface area contributed by atoms with Crippen LogP contribution >= 0.6 is 0 Å². The van der Waals surface area contributed by atoms with E-state index in [1.807, 2.05) is 6.92 Å². The van der Waals surface area contributed by atoms with E-state index in [2.05, 4.69) is 0 Å². The number of urea groups is 1. The predicted octanol–water partition coefficient (Wildman–Crippen LogP) is -3.47. The second-order valence-electron chi connectivity index (χ2n) is 2.50. The maximum Gasteiger partial charge on any atom is 0.413 e. The van der Waals surface area contributed by atoms with Crippen molar-refractivity contribution in [1.29, 1.82) is 0 Å². The number of amides is 2. The lowest BCUT2D eigenvalue weighted by Gasteiger charge is -2.26. The smallest absolute Gasteiger partial charge is 0.413 e. The molecule has 0 saturated carbocycles. The molecule has 1 atom stereocenters. The van der Waals surface area contributed by atoms with Crippen molar-refractivity contribution in [3.8, 4) is 0 Å². The number of nitrogens with two attached hydrogens (primary N) is 1. The van der Waals surface area contributed by atoms with Gasteiger partial charge in [0.1, 0.15) is 6.54 Å². The van der Waals surface area contributed by atoms with Gasteiger partial charge in [-0.2, -0.15) is 0 Å². The van der Waals surface area contributed by atoms with E-state index in [1.165, 1.54) is 0 Å². The summed E-state index contributed by atoms with van der Waals surface area (Å²) in [5.74, 6) is 0. The lowest BCUT2D eigenvalue weighted by molar-refractivity contribution is -0.827. The first kappa shape index (κ1) is 13.3. The van der Waals surface area contributed by atoms with Gasteiger partial charge >= 0.3 is 6.03 Å². The summed E-state index contributed by atoms with van der Waals surface area (Å²) < 4.78 is 0.108. The second kappa shape index (κ2) is 5.35. The first-order valence-electron chi connectivity index (χ1n) is 3.32. The van der Waals surface area contributed by atoms with Gasteiger partial charge in [-0.05, 0) is 6.92 Å². The van der Waals surface area contributed by atoms with E-state index < -0.39 is 6.03 Å². The molecule has 0 saturated heterocycles. The van der Waals surface area contributed by atoms with Gasteiger partial charge in [-0.3, -0.25) is 0 Å². The van der Waals surface area contributed by atoms with Crippen LogP contribution in [0.2, 0.25) is 0 Å². The normalized spacial score (nSPS) is 14.8. The van der Waals surface area contributed by atoms with Crippen LogP contribution in [0.5, 0.6) is 0 Å². The Balaban J connectivity index is 0. The number of hydrogen-bond acceptors (Lipinski definition) is 2. The van der Waals surface area contributed by atoms with E-state index in [1.54, 1.807) is 7.05 Å². The Morgan fingerprint density at radius 2 is 2.09 bits per heavy atom. The minimum atomic E-state index is -0.392. The number of aliphatic hydroxyl groups excluding tert-OH is 1. The number of rotatable bonds is 3. The third-order valence-electron chi connectivity index (χ3n) is 1.82. The number of aliphatic hydroxyl groups is 1. The average molecular weight is 183 g/mol. The second-order valence-corrected chi connectivity index (χ2v) is 2.50. The summed E-state index contributed by atoms with van der Waals surface area (Å²) in [5.41, 5.74) is 5.09. The average Bonchev–Trinajstić information content (AvgIpc) is 1.88. The molecule has 2 amide bonds. The van der Waals surface area contributed by atoms with Crippen molar-refractivity contribution in [2.45, 2.75) is 6.92 Å². The third kappa shape index (κ3) is 3.55. The van der Waals surface area contributed by atoms with Gasteiger partial charge in [0, 0.05) is 0 Å². The highest BCUT2D eigenvalue weighted by molar-refractivity contribution is 5.64. The largest absolute Gasteiger partial charge is 1.00 e. The highest BCUT2D eigenvalue weighted by Crippen LogP contribution is 1.98. The van der Waals surface area contributed by atoms with Gasteiger partial charge in [0.15, 0.2) is 0 Å². The van der Waals surface area contributed by atoms with E-state index in [4.69, 9.17) is 10.8 Å². The van der Waals surface area contributed by atoms with Crippen LogP contribution in [-0.4, -0.2) is 42.4 Å². The first-order chi connectivity index (χ1) is 4.56. The lowest BCUT2D eigenvalue weighted by Crippen LogP contribution is -3.00. The molecule has 0 aromatic heterocycles. The van der Waals surface area contributed by atoms with Gasteiger partial charge in [0.25, 0.3) is 0 Å². The molecule has 68 valence electrons. The standard InChI is InChI=1S/C6H14N2O2.ClH/c1-3-8(2,4-5-9)6(7)10;/h9H,3-5H2,1-2H3,(H-,7,10);1H. The first-order valence-corrected chi connectivity index (χ1v) is 3.32. The van der Waals surface area contributed by atoms with Crippen molar-refractivity contribution >= 4 is 6.03 Å². The van der Waals surface area contributed by atoms with Crippen molar-refractivity contribution < 1.29 is 26.8 Å². The Morgan fingerprint density at radius 1 is 1.64 bits per heavy atom. The number of hydrogen-bond donors (Lipinski definition) is 2. The number of carbonyl (C=O) groups is 1. The zero-order valence-corrected chi connectivity index (χ0v) is 7.64. The quantitative estimate of drug-likeness (QED) is 0.446. The summed E-state index contributed by atoms with van der Waals surface area (Å²) in [6.45, 7) is 2.87. The molecular weight excluding hydrogens is 168 g/mol. The Labute approximate surface area is 73.0 Å². The van der Waals surface area contributed by atoms with Crippen LogP contribution in [0, 0.1) is 0 Å². The number of halogens is 1. The lowest BCUT2D eigenvalue weighted by atomic mass is 10.4. The SMILES string of the molecule is CC[N+](C)(CCO)C(N)=O.[Cl-]. The van der Waals surface area contributed by atoms with Gasteiger partial charge in [-0.25, -0.2) is 9.28 Å². The van der Waals surface area contributed by atoms with Crippen LogP contribution in [0.4, 0.5) is 4.79 Å². The maximum atomic E-state index is 10.7. The van der Waals surface area contributed by atoms with Crippen LogP contribution < -0.4 is 18.1 Å². The minimum Gasteiger partial charge on any atom is -1.00 e. The van der Waals surface area contributed by atoms with Crippen molar-refractivity contribution in [3.05, 3.63) is 0 Å². The minimum absolute atomic E-state index is 0. The molecule has 0 aliphatic carbocycles. The number of quaternary nitrogens is 1. The molecular formula is C6H15ClN2O2. The molecule has 0 rings (SSSR count). The van der Waals surface area contributed by atoms with Crippen molar-refractivity contribution in [1.82, 2.24) is 0 Å². The zero-order valence-electron chi connectivity index (χ0n) is 6.88. The summed E-state index contributed by atoms with van der Waals surface area (Å²) in [5, 5.41) is 8.56. The molecule has 0 aliphatic heterocycles. The molecule has 0 aliphatic rings. The van der Waals surface area contributed by atoms with Gasteiger partial charge in [-0.15, -0.1) is 0 Å². The van der Waals surface area contributed by atoms with Crippen LogP contribution in [0.25, 0.3) is 0 Å². The molecule has 3 N–H and O–H groups in total. The Kier molecular flexibility index (Phi) is 6.46. The number of carbonyl (C=O) groups excluding carboxylic acids is 1. The number of primary amides is 1. The molecule has 0 aromatic carbocycles. The van der Waals surface area contributed by atoms with Gasteiger partial charge in [-0.1, -0.05) is 0 Å². The Hall–Kier alpha value is -0.320. The summed E-state index contributed by atoms with van der Waals surface area (Å²) in [4.78, 5) is 10.7. The van der Waals surface area contributed by atoms with Gasteiger partial charge in [0.2, 0.25) is 0 Å². The molecule has 0 fully saturated rings. The predicted molar refractivity (Wildman–Crippen MR) is 38.3 cm³/mol.